The Labute approximate surface area is 242 Å². The van der Waals surface area contributed by atoms with Crippen LogP contribution in [0.4, 0.5) is 0 Å². The fourth-order valence-corrected chi connectivity index (χ4v) is 5.78. The molecule has 0 radical (unpaired) electrons. The van der Waals surface area contributed by atoms with Crippen molar-refractivity contribution in [3.8, 4) is 17.2 Å². The third kappa shape index (κ3) is 5.29. The van der Waals surface area contributed by atoms with Gasteiger partial charge in [-0.05, 0) is 61.2 Å². The van der Waals surface area contributed by atoms with E-state index in [1.807, 2.05) is 12.1 Å². The average Bonchev–Trinajstić information content (AvgIpc) is 3.55. The number of ketones is 1. The van der Waals surface area contributed by atoms with Crippen LogP contribution in [0.15, 0.2) is 42.5 Å². The summed E-state index contributed by atoms with van der Waals surface area (Å²) in [6.45, 7) is 2.29. The molecule has 3 N–H and O–H groups in total. The van der Waals surface area contributed by atoms with Gasteiger partial charge >= 0.3 is 0 Å². The number of aromatic nitrogens is 1. The molecule has 1 saturated heterocycles. The molecule has 4 bridgehead atoms. The highest BCUT2D eigenvalue weighted by Crippen LogP contribution is 2.30. The van der Waals surface area contributed by atoms with Crippen molar-refractivity contribution in [1.29, 1.82) is 0 Å². The average molecular weight is 573 g/mol. The fraction of sp³-hybridized carbons (Fsp3) is 0.355. The highest BCUT2D eigenvalue weighted by Gasteiger charge is 2.40. The van der Waals surface area contributed by atoms with Gasteiger partial charge in [0.1, 0.15) is 17.5 Å². The summed E-state index contributed by atoms with van der Waals surface area (Å²) in [6, 6.07) is 11.5. The van der Waals surface area contributed by atoms with E-state index in [1.165, 1.54) is 13.2 Å². The van der Waals surface area contributed by atoms with Crippen molar-refractivity contribution in [3.05, 3.63) is 76.1 Å². The molecular weight excluding hydrogens is 540 g/mol. The highest BCUT2D eigenvalue weighted by molar-refractivity contribution is 6.04. The van der Waals surface area contributed by atoms with Crippen LogP contribution in [-0.4, -0.2) is 72.3 Å². The van der Waals surface area contributed by atoms with E-state index in [0.29, 0.717) is 46.8 Å². The summed E-state index contributed by atoms with van der Waals surface area (Å²) in [6.07, 6.45) is 1.43. The number of methoxy groups -OCH3 is 1. The first-order valence-corrected chi connectivity index (χ1v) is 14.0. The summed E-state index contributed by atoms with van der Waals surface area (Å²) >= 11 is 0. The number of likely N-dealkylation sites (tertiary alicyclic amines) is 1. The van der Waals surface area contributed by atoms with Gasteiger partial charge in [0.25, 0.3) is 17.7 Å². The zero-order valence-corrected chi connectivity index (χ0v) is 23.5. The van der Waals surface area contributed by atoms with Crippen LogP contribution in [0.5, 0.6) is 17.2 Å². The van der Waals surface area contributed by atoms with Gasteiger partial charge in [0.15, 0.2) is 23.9 Å². The first-order valence-electron chi connectivity index (χ1n) is 14.0. The molecule has 11 nitrogen and oxygen atoms in total. The second-order valence-corrected chi connectivity index (χ2v) is 10.8. The maximum Gasteiger partial charge on any atom is 0.270 e. The molecule has 0 unspecified atom stereocenters. The Bertz CT molecular complexity index is 1560. The largest absolute Gasteiger partial charge is 0.493 e. The zero-order valence-electron chi connectivity index (χ0n) is 23.5. The molecule has 1 aromatic heterocycles. The number of aromatic amines is 1. The Kier molecular flexibility index (Phi) is 7.32. The SMILES string of the molecule is COc1ccc2cc1OCC(=O)NCc1ccc(cc1)O[C@H]1CN(C(=O)c3[nH]c4c(c3C)C(=O)CCC4)C[C@@H]1NC2=O. The monoisotopic (exact) mass is 572 g/mol. The molecule has 11 heteroatoms. The van der Waals surface area contributed by atoms with Crippen molar-refractivity contribution in [2.24, 2.45) is 0 Å². The molecule has 2 aromatic carbocycles. The van der Waals surface area contributed by atoms with Gasteiger partial charge in [-0.2, -0.15) is 0 Å². The molecule has 218 valence electrons. The minimum Gasteiger partial charge on any atom is -0.493 e. The summed E-state index contributed by atoms with van der Waals surface area (Å²) < 4.78 is 17.4. The highest BCUT2D eigenvalue weighted by atomic mass is 16.5. The molecule has 4 heterocycles. The molecule has 2 atom stereocenters. The molecule has 4 aliphatic rings. The van der Waals surface area contributed by atoms with Crippen LogP contribution >= 0.6 is 0 Å². The minimum absolute atomic E-state index is 0.0577. The van der Waals surface area contributed by atoms with Gasteiger partial charge in [-0.3, -0.25) is 19.2 Å². The number of H-pyrrole nitrogens is 1. The van der Waals surface area contributed by atoms with Crippen LogP contribution in [0.25, 0.3) is 0 Å². The summed E-state index contributed by atoms with van der Waals surface area (Å²) in [5, 5.41) is 5.84. The van der Waals surface area contributed by atoms with Gasteiger partial charge in [0.05, 0.1) is 19.7 Å². The predicted octanol–water partition coefficient (Wildman–Crippen LogP) is 2.56. The van der Waals surface area contributed by atoms with Gasteiger partial charge < -0.3 is 34.7 Å². The second kappa shape index (κ2) is 11.2. The molecule has 1 aliphatic carbocycles. The number of aryl methyl sites for hydroxylation is 1. The van der Waals surface area contributed by atoms with E-state index in [0.717, 1.165) is 24.1 Å². The summed E-state index contributed by atoms with van der Waals surface area (Å²) in [5.41, 5.74) is 3.68. The minimum atomic E-state index is -0.542. The van der Waals surface area contributed by atoms with E-state index in [1.54, 1.807) is 36.1 Å². The van der Waals surface area contributed by atoms with Crippen LogP contribution in [-0.2, 0) is 17.8 Å². The number of benzene rings is 2. The lowest BCUT2D eigenvalue weighted by Gasteiger charge is -2.21. The lowest BCUT2D eigenvalue weighted by molar-refractivity contribution is -0.123. The number of fused-ring (bicyclic) bond motifs is 8. The van der Waals surface area contributed by atoms with Crippen molar-refractivity contribution in [1.82, 2.24) is 20.5 Å². The summed E-state index contributed by atoms with van der Waals surface area (Å²) in [5.74, 6) is 0.310. The van der Waals surface area contributed by atoms with Gasteiger partial charge in [0.2, 0.25) is 0 Å². The van der Waals surface area contributed by atoms with Crippen LogP contribution in [0.1, 0.15) is 60.9 Å². The van der Waals surface area contributed by atoms with Crippen LogP contribution < -0.4 is 24.8 Å². The van der Waals surface area contributed by atoms with Crippen molar-refractivity contribution in [2.75, 3.05) is 26.8 Å². The van der Waals surface area contributed by atoms with Crippen molar-refractivity contribution in [3.63, 3.8) is 0 Å². The Morgan fingerprint density at radius 2 is 1.86 bits per heavy atom. The number of ether oxygens (including phenoxy) is 3. The van der Waals surface area contributed by atoms with E-state index in [4.69, 9.17) is 14.2 Å². The number of Topliss-reactive ketones (excluding diaryl/α,β-unsaturated/α-hetero) is 1. The third-order valence-corrected chi connectivity index (χ3v) is 8.01. The number of nitrogens with zero attached hydrogens (tertiary/aromatic N) is 1. The lowest BCUT2D eigenvalue weighted by Crippen LogP contribution is -2.45. The normalized spacial score (nSPS) is 20.4. The molecule has 0 saturated carbocycles. The topological polar surface area (TPSA) is 139 Å². The number of carbonyl (C=O) groups excluding carboxylic acids is 4. The lowest BCUT2D eigenvalue weighted by atomic mass is 9.94. The number of nitrogens with one attached hydrogen (secondary N) is 3. The number of hydrogen-bond donors (Lipinski definition) is 3. The molecule has 3 aromatic rings. The predicted molar refractivity (Wildman–Crippen MR) is 151 cm³/mol. The third-order valence-electron chi connectivity index (χ3n) is 8.01. The van der Waals surface area contributed by atoms with Crippen LogP contribution in [0.3, 0.4) is 0 Å². The molecule has 3 amide bonds. The van der Waals surface area contributed by atoms with Gasteiger partial charge in [-0.25, -0.2) is 0 Å². The van der Waals surface area contributed by atoms with E-state index < -0.39 is 18.1 Å². The van der Waals surface area contributed by atoms with E-state index in [-0.39, 0.29) is 43.0 Å². The van der Waals surface area contributed by atoms with Crippen molar-refractivity contribution < 1.29 is 33.4 Å². The molecule has 7 rings (SSSR count). The molecule has 1 fully saturated rings. The number of rotatable bonds is 2. The Morgan fingerprint density at radius 1 is 1.05 bits per heavy atom. The number of carbonyl (C=O) groups is 4. The standard InChI is InChI=1S/C31H32N4O7/c1-17-28-21(4-3-5-23(28)36)33-29(17)31(39)35-14-22-26(15-35)42-20-9-6-18(7-10-20)13-32-27(37)16-41-25-12-19(30(38)34-22)8-11-24(25)40-2/h6-12,22,26,33H,3-5,13-16H2,1-2H3,(H,32,37)(H,34,38)/t22-,26-/m0/s1. The van der Waals surface area contributed by atoms with Gasteiger partial charge in [-0.15, -0.1) is 0 Å². The smallest absolute Gasteiger partial charge is 0.270 e. The molecular formula is C31H32N4O7. The number of amides is 3. The Hall–Kier alpha value is -4.80. The Balaban J connectivity index is 1.30. The maximum absolute atomic E-state index is 13.7. The quantitative estimate of drug-likeness (QED) is 0.429. The summed E-state index contributed by atoms with van der Waals surface area (Å²) in [4.78, 5) is 57.0. The van der Waals surface area contributed by atoms with Crippen LogP contribution in [0, 0.1) is 6.92 Å². The fourth-order valence-electron chi connectivity index (χ4n) is 5.78. The van der Waals surface area contributed by atoms with E-state index in [9.17, 15) is 19.2 Å². The maximum atomic E-state index is 13.7. The van der Waals surface area contributed by atoms with Gasteiger partial charge in [-0.1, -0.05) is 12.1 Å². The van der Waals surface area contributed by atoms with E-state index >= 15 is 0 Å². The van der Waals surface area contributed by atoms with Crippen molar-refractivity contribution in [2.45, 2.75) is 44.9 Å². The van der Waals surface area contributed by atoms with Crippen LogP contribution in [0.2, 0.25) is 0 Å². The number of hydrogen-bond acceptors (Lipinski definition) is 7. The van der Waals surface area contributed by atoms with Crippen molar-refractivity contribution >= 4 is 23.5 Å². The summed E-state index contributed by atoms with van der Waals surface area (Å²) in [7, 11) is 1.48. The zero-order chi connectivity index (χ0) is 29.4. The first-order chi connectivity index (χ1) is 20.3. The van der Waals surface area contributed by atoms with Gasteiger partial charge in [0, 0.05) is 36.3 Å². The molecule has 42 heavy (non-hydrogen) atoms. The molecule has 0 spiro atoms. The first kappa shape index (κ1) is 27.4. The van der Waals surface area contributed by atoms with E-state index in [2.05, 4.69) is 15.6 Å². The molecule has 3 aliphatic heterocycles. The Morgan fingerprint density at radius 3 is 2.62 bits per heavy atom. The second-order valence-electron chi connectivity index (χ2n) is 10.8.